The van der Waals surface area contributed by atoms with Gasteiger partial charge in [-0.1, -0.05) is 41.0 Å². The molecule has 0 bridgehead atoms. The van der Waals surface area contributed by atoms with Crippen molar-refractivity contribution in [2.24, 2.45) is 17.8 Å². The quantitative estimate of drug-likeness (QED) is 0.648. The van der Waals surface area contributed by atoms with E-state index in [-0.39, 0.29) is 0 Å². The van der Waals surface area contributed by atoms with Gasteiger partial charge in [0.15, 0.2) is 0 Å². The average molecular weight is 171 g/mol. The number of rotatable bonds is 6. The molecule has 0 spiro atoms. The van der Waals surface area contributed by atoms with Gasteiger partial charge >= 0.3 is 0 Å². The lowest BCUT2D eigenvalue weighted by molar-refractivity contribution is 0.376. The Bertz CT molecular complexity index is 99.2. The molecule has 0 saturated carbocycles. The van der Waals surface area contributed by atoms with Crippen LogP contribution in [0.4, 0.5) is 0 Å². The Labute approximate surface area is 77.9 Å². The largest absolute Gasteiger partial charge is 0.316 e. The maximum atomic E-state index is 3.52. The average Bonchev–Trinajstić information content (AvgIpc) is 2.03. The van der Waals surface area contributed by atoms with Crippen LogP contribution in [0.5, 0.6) is 0 Å². The van der Waals surface area contributed by atoms with E-state index >= 15 is 0 Å². The van der Waals surface area contributed by atoms with Crippen LogP contribution in [0.25, 0.3) is 0 Å². The highest BCUT2D eigenvalue weighted by Gasteiger charge is 2.06. The van der Waals surface area contributed by atoms with Crippen molar-refractivity contribution in [3.8, 4) is 0 Å². The fourth-order valence-corrected chi connectivity index (χ4v) is 0.937. The molecule has 0 amide bonds. The molecule has 1 unspecified atom stereocenters. The van der Waals surface area contributed by atoms with Crippen LogP contribution in [0.1, 0.15) is 41.0 Å². The van der Waals surface area contributed by atoms with E-state index in [2.05, 4.69) is 39.9 Å². The van der Waals surface area contributed by atoms with Crippen molar-refractivity contribution in [2.75, 3.05) is 13.1 Å². The molecule has 0 rings (SSSR count). The third-order valence-electron chi connectivity index (χ3n) is 2.79. The molecular formula is C11H25N. The van der Waals surface area contributed by atoms with Crippen LogP contribution in [0.2, 0.25) is 0 Å². The highest BCUT2D eigenvalue weighted by Crippen LogP contribution is 2.07. The van der Waals surface area contributed by atoms with Crippen LogP contribution >= 0.6 is 0 Å². The molecule has 0 aliphatic heterocycles. The SMILES string of the molecule is CCC(C)CNC[C@@H](C)C(C)C. The molecule has 0 aliphatic rings. The van der Waals surface area contributed by atoms with Gasteiger partial charge in [-0.2, -0.15) is 0 Å². The standard InChI is InChI=1S/C11H25N/c1-6-10(4)7-12-8-11(5)9(2)3/h9-12H,6-8H2,1-5H3/t10?,11-/m1/s1. The first-order valence-corrected chi connectivity index (χ1v) is 5.28. The summed E-state index contributed by atoms with van der Waals surface area (Å²) in [5.74, 6) is 2.42. The summed E-state index contributed by atoms with van der Waals surface area (Å²) in [4.78, 5) is 0. The van der Waals surface area contributed by atoms with Gasteiger partial charge < -0.3 is 5.32 Å². The van der Waals surface area contributed by atoms with Gasteiger partial charge in [-0.3, -0.25) is 0 Å². The predicted molar refractivity (Wildman–Crippen MR) is 56.3 cm³/mol. The lowest BCUT2D eigenvalue weighted by Crippen LogP contribution is -2.27. The molecule has 2 atom stereocenters. The second kappa shape index (κ2) is 6.47. The third-order valence-corrected chi connectivity index (χ3v) is 2.79. The van der Waals surface area contributed by atoms with Gasteiger partial charge in [0.05, 0.1) is 0 Å². The molecule has 0 aliphatic carbocycles. The van der Waals surface area contributed by atoms with Crippen molar-refractivity contribution in [1.29, 1.82) is 0 Å². The summed E-state index contributed by atoms with van der Waals surface area (Å²) in [6.45, 7) is 13.8. The zero-order valence-electron chi connectivity index (χ0n) is 9.35. The Balaban J connectivity index is 3.30. The van der Waals surface area contributed by atoms with Crippen molar-refractivity contribution in [3.05, 3.63) is 0 Å². The van der Waals surface area contributed by atoms with Crippen molar-refractivity contribution in [3.63, 3.8) is 0 Å². The minimum atomic E-state index is 0.800. The van der Waals surface area contributed by atoms with E-state index < -0.39 is 0 Å². The van der Waals surface area contributed by atoms with E-state index in [1.165, 1.54) is 19.5 Å². The highest BCUT2D eigenvalue weighted by molar-refractivity contribution is 4.62. The zero-order valence-corrected chi connectivity index (χ0v) is 9.35. The molecule has 0 saturated heterocycles. The summed E-state index contributed by atoms with van der Waals surface area (Å²) in [6, 6.07) is 0. The summed E-state index contributed by atoms with van der Waals surface area (Å²) in [6.07, 6.45) is 1.28. The Morgan fingerprint density at radius 1 is 1.00 bits per heavy atom. The molecule has 12 heavy (non-hydrogen) atoms. The van der Waals surface area contributed by atoms with Crippen LogP contribution in [0.15, 0.2) is 0 Å². The first-order valence-electron chi connectivity index (χ1n) is 5.28. The van der Waals surface area contributed by atoms with E-state index in [1.54, 1.807) is 0 Å². The number of hydrogen-bond acceptors (Lipinski definition) is 1. The molecular weight excluding hydrogens is 146 g/mol. The van der Waals surface area contributed by atoms with Gasteiger partial charge in [0.1, 0.15) is 0 Å². The monoisotopic (exact) mass is 171 g/mol. The lowest BCUT2D eigenvalue weighted by Gasteiger charge is -2.17. The van der Waals surface area contributed by atoms with Crippen LogP contribution < -0.4 is 5.32 Å². The molecule has 1 nitrogen and oxygen atoms in total. The Kier molecular flexibility index (Phi) is 6.45. The maximum Gasteiger partial charge on any atom is -0.00206 e. The molecule has 0 radical (unpaired) electrons. The Morgan fingerprint density at radius 2 is 1.58 bits per heavy atom. The first-order chi connectivity index (χ1) is 5.57. The molecule has 0 heterocycles. The molecule has 1 heteroatoms. The summed E-state index contributed by atoms with van der Waals surface area (Å²) in [5.41, 5.74) is 0. The van der Waals surface area contributed by atoms with Gasteiger partial charge in [-0.05, 0) is 30.8 Å². The van der Waals surface area contributed by atoms with Gasteiger partial charge in [0.25, 0.3) is 0 Å². The van der Waals surface area contributed by atoms with Crippen molar-refractivity contribution in [2.45, 2.75) is 41.0 Å². The summed E-state index contributed by atoms with van der Waals surface area (Å²) in [7, 11) is 0. The second-order valence-corrected chi connectivity index (χ2v) is 4.39. The fraction of sp³-hybridized carbons (Fsp3) is 1.00. The second-order valence-electron chi connectivity index (χ2n) is 4.39. The van der Waals surface area contributed by atoms with Crippen LogP contribution in [0.3, 0.4) is 0 Å². The fourth-order valence-electron chi connectivity index (χ4n) is 0.937. The van der Waals surface area contributed by atoms with Crippen LogP contribution in [0, 0.1) is 17.8 Å². The van der Waals surface area contributed by atoms with Gasteiger partial charge in [0, 0.05) is 0 Å². The van der Waals surface area contributed by atoms with Crippen LogP contribution in [-0.4, -0.2) is 13.1 Å². The van der Waals surface area contributed by atoms with Crippen molar-refractivity contribution < 1.29 is 0 Å². The first kappa shape index (κ1) is 12.0. The van der Waals surface area contributed by atoms with Crippen molar-refractivity contribution in [1.82, 2.24) is 5.32 Å². The van der Waals surface area contributed by atoms with Crippen molar-refractivity contribution >= 4 is 0 Å². The minimum absolute atomic E-state index is 0.800. The van der Waals surface area contributed by atoms with Gasteiger partial charge in [0.2, 0.25) is 0 Å². The summed E-state index contributed by atoms with van der Waals surface area (Å²) in [5, 5.41) is 3.52. The van der Waals surface area contributed by atoms with Gasteiger partial charge in [-0.25, -0.2) is 0 Å². The van der Waals surface area contributed by atoms with E-state index in [4.69, 9.17) is 0 Å². The van der Waals surface area contributed by atoms with E-state index in [0.717, 1.165) is 17.8 Å². The Hall–Kier alpha value is -0.0400. The molecule has 0 fully saturated rings. The zero-order chi connectivity index (χ0) is 9.56. The Morgan fingerprint density at radius 3 is 2.00 bits per heavy atom. The normalized spacial score (nSPS) is 16.5. The topological polar surface area (TPSA) is 12.0 Å². The van der Waals surface area contributed by atoms with E-state index in [1.807, 2.05) is 0 Å². The summed E-state index contributed by atoms with van der Waals surface area (Å²) >= 11 is 0. The maximum absolute atomic E-state index is 3.52. The third kappa shape index (κ3) is 5.59. The smallest absolute Gasteiger partial charge is 0.00206 e. The lowest BCUT2D eigenvalue weighted by atomic mass is 9.98. The molecule has 1 N–H and O–H groups in total. The molecule has 0 aromatic rings. The minimum Gasteiger partial charge on any atom is -0.316 e. The molecule has 0 aromatic carbocycles. The number of hydrogen-bond donors (Lipinski definition) is 1. The highest BCUT2D eigenvalue weighted by atomic mass is 14.9. The van der Waals surface area contributed by atoms with E-state index in [9.17, 15) is 0 Å². The van der Waals surface area contributed by atoms with E-state index in [0.29, 0.717) is 0 Å². The van der Waals surface area contributed by atoms with Gasteiger partial charge in [-0.15, -0.1) is 0 Å². The molecule has 0 aromatic heterocycles. The summed E-state index contributed by atoms with van der Waals surface area (Å²) < 4.78 is 0. The predicted octanol–water partition coefficient (Wildman–Crippen LogP) is 2.91. The number of nitrogens with one attached hydrogen (secondary N) is 1. The molecule has 74 valence electrons. The van der Waals surface area contributed by atoms with Crippen LogP contribution in [-0.2, 0) is 0 Å².